The quantitative estimate of drug-likeness (QED) is 0.649. The predicted octanol–water partition coefficient (Wildman–Crippen LogP) is 2.87. The van der Waals surface area contributed by atoms with E-state index >= 15 is 0 Å². The molecular formula is C10H23NOSi. The van der Waals surface area contributed by atoms with Gasteiger partial charge in [-0.05, 0) is 37.9 Å². The molecule has 3 heteroatoms. The molecule has 0 saturated carbocycles. The van der Waals surface area contributed by atoms with E-state index in [1.54, 1.807) is 0 Å². The lowest BCUT2D eigenvalue weighted by Crippen LogP contribution is -2.39. The molecule has 1 aliphatic heterocycles. The van der Waals surface area contributed by atoms with Crippen LogP contribution >= 0.6 is 0 Å². The molecule has 0 aromatic heterocycles. The Hall–Kier alpha value is 0.137. The van der Waals surface area contributed by atoms with Crippen LogP contribution < -0.4 is 0 Å². The van der Waals surface area contributed by atoms with Crippen molar-refractivity contribution >= 4 is 8.32 Å². The largest absolute Gasteiger partial charge is 0.343 e. The molecular weight excluding hydrogens is 178 g/mol. The van der Waals surface area contributed by atoms with Crippen molar-refractivity contribution in [2.24, 2.45) is 5.92 Å². The molecule has 78 valence electrons. The highest BCUT2D eigenvalue weighted by Crippen LogP contribution is 2.21. The smallest absolute Gasteiger partial charge is 0.215 e. The van der Waals surface area contributed by atoms with Gasteiger partial charge in [0.05, 0.1) is 0 Å². The normalized spacial score (nSPS) is 20.1. The molecule has 0 N–H and O–H groups in total. The minimum atomic E-state index is -1.41. The Morgan fingerprint density at radius 2 is 1.77 bits per heavy atom. The van der Waals surface area contributed by atoms with Gasteiger partial charge in [0, 0.05) is 13.1 Å². The van der Waals surface area contributed by atoms with Crippen molar-refractivity contribution in [3.8, 4) is 0 Å². The highest BCUT2D eigenvalue weighted by molar-refractivity contribution is 6.71. The first-order valence-corrected chi connectivity index (χ1v) is 8.55. The van der Waals surface area contributed by atoms with Crippen LogP contribution in [0.4, 0.5) is 0 Å². The Morgan fingerprint density at radius 3 is 2.23 bits per heavy atom. The lowest BCUT2D eigenvalue weighted by molar-refractivity contribution is -0.0465. The number of hydrogen-bond donors (Lipinski definition) is 0. The first-order valence-electron chi connectivity index (χ1n) is 5.44. The van der Waals surface area contributed by atoms with Crippen LogP contribution in [0.2, 0.25) is 19.1 Å². The molecule has 2 nitrogen and oxygen atoms in total. The molecule has 0 aromatic carbocycles. The number of nitrogens with zero attached hydrogens (tertiary/aromatic N) is 1. The van der Waals surface area contributed by atoms with Crippen LogP contribution in [0.5, 0.6) is 0 Å². The van der Waals surface area contributed by atoms with E-state index in [4.69, 9.17) is 4.53 Å². The van der Waals surface area contributed by atoms with E-state index in [1.807, 2.05) is 0 Å². The third-order valence-corrected chi connectivity index (χ3v) is 4.89. The van der Waals surface area contributed by atoms with Crippen molar-refractivity contribution in [3.05, 3.63) is 0 Å². The van der Waals surface area contributed by atoms with E-state index in [1.165, 1.54) is 18.9 Å². The van der Waals surface area contributed by atoms with Gasteiger partial charge in [0.25, 0.3) is 0 Å². The second kappa shape index (κ2) is 4.58. The molecule has 1 fully saturated rings. The van der Waals surface area contributed by atoms with Crippen LogP contribution in [-0.4, -0.2) is 26.5 Å². The van der Waals surface area contributed by atoms with Gasteiger partial charge in [-0.3, -0.25) is 0 Å². The Kier molecular flexibility index (Phi) is 3.95. The molecule has 0 bridgehead atoms. The van der Waals surface area contributed by atoms with E-state index < -0.39 is 8.32 Å². The minimum Gasteiger partial charge on any atom is -0.343 e. The Bertz CT molecular complexity index is 153. The molecule has 1 rings (SSSR count). The number of hydrogen-bond acceptors (Lipinski definition) is 2. The Balaban J connectivity index is 2.31. The zero-order chi connectivity index (χ0) is 9.90. The fourth-order valence-corrected chi connectivity index (χ4v) is 5.07. The monoisotopic (exact) mass is 201 g/mol. The van der Waals surface area contributed by atoms with Gasteiger partial charge in [-0.15, -0.1) is 0 Å². The minimum absolute atomic E-state index is 0.768. The van der Waals surface area contributed by atoms with Crippen LogP contribution in [0.25, 0.3) is 0 Å². The van der Waals surface area contributed by atoms with Gasteiger partial charge >= 0.3 is 0 Å². The molecule has 0 atom stereocenters. The predicted molar refractivity (Wildman–Crippen MR) is 59.0 cm³/mol. The maximum absolute atomic E-state index is 6.08. The molecule has 1 heterocycles. The molecule has 0 spiro atoms. The molecule has 1 aliphatic rings. The van der Waals surface area contributed by atoms with Gasteiger partial charge < -0.3 is 4.53 Å². The van der Waals surface area contributed by atoms with E-state index in [2.05, 4.69) is 32.0 Å². The maximum Gasteiger partial charge on any atom is 0.215 e. The zero-order valence-corrected chi connectivity index (χ0v) is 10.5. The summed E-state index contributed by atoms with van der Waals surface area (Å²) in [5, 5.41) is 2.19. The van der Waals surface area contributed by atoms with E-state index in [0.29, 0.717) is 0 Å². The standard InChI is InChI=1S/C10H23NOSi/c1-10(2)9-13(3,4)12-11-7-5-6-8-11/h10H,5-9H2,1-4H3. The van der Waals surface area contributed by atoms with Gasteiger partial charge in [-0.2, -0.15) is 0 Å². The van der Waals surface area contributed by atoms with E-state index in [0.717, 1.165) is 19.0 Å². The molecule has 0 radical (unpaired) electrons. The molecule has 0 aromatic rings. The topological polar surface area (TPSA) is 12.5 Å². The van der Waals surface area contributed by atoms with Gasteiger partial charge in [0.2, 0.25) is 8.32 Å². The average molecular weight is 201 g/mol. The van der Waals surface area contributed by atoms with Crippen LogP contribution in [0.3, 0.4) is 0 Å². The van der Waals surface area contributed by atoms with Crippen LogP contribution in [-0.2, 0) is 4.53 Å². The average Bonchev–Trinajstić information content (AvgIpc) is 2.34. The third-order valence-electron chi connectivity index (χ3n) is 2.34. The molecule has 13 heavy (non-hydrogen) atoms. The van der Waals surface area contributed by atoms with Crippen molar-refractivity contribution in [1.29, 1.82) is 0 Å². The number of rotatable bonds is 4. The van der Waals surface area contributed by atoms with E-state index in [-0.39, 0.29) is 0 Å². The lowest BCUT2D eigenvalue weighted by atomic mass is 10.3. The highest BCUT2D eigenvalue weighted by atomic mass is 28.4. The van der Waals surface area contributed by atoms with E-state index in [9.17, 15) is 0 Å². The lowest BCUT2D eigenvalue weighted by Gasteiger charge is -2.29. The number of hydroxylamine groups is 2. The molecule has 1 saturated heterocycles. The fraction of sp³-hybridized carbons (Fsp3) is 1.00. The van der Waals surface area contributed by atoms with Crippen LogP contribution in [0.15, 0.2) is 0 Å². The SMILES string of the molecule is CC(C)C[Si](C)(C)ON1CCCC1. The van der Waals surface area contributed by atoms with Gasteiger partial charge in [0.15, 0.2) is 0 Å². The summed E-state index contributed by atoms with van der Waals surface area (Å²) in [6.07, 6.45) is 2.62. The fourth-order valence-electron chi connectivity index (χ4n) is 2.15. The van der Waals surface area contributed by atoms with Crippen molar-refractivity contribution in [1.82, 2.24) is 5.06 Å². The third kappa shape index (κ3) is 4.25. The summed E-state index contributed by atoms with van der Waals surface area (Å²) in [4.78, 5) is 0. The Morgan fingerprint density at radius 1 is 1.23 bits per heavy atom. The highest BCUT2D eigenvalue weighted by Gasteiger charge is 2.28. The van der Waals surface area contributed by atoms with Crippen molar-refractivity contribution in [2.75, 3.05) is 13.1 Å². The summed E-state index contributed by atoms with van der Waals surface area (Å²) in [6.45, 7) is 11.5. The summed E-state index contributed by atoms with van der Waals surface area (Å²) in [6, 6.07) is 1.27. The summed E-state index contributed by atoms with van der Waals surface area (Å²) in [7, 11) is -1.41. The second-order valence-corrected chi connectivity index (χ2v) is 9.20. The summed E-state index contributed by atoms with van der Waals surface area (Å²) >= 11 is 0. The van der Waals surface area contributed by atoms with Gasteiger partial charge in [-0.1, -0.05) is 13.8 Å². The molecule has 0 amide bonds. The van der Waals surface area contributed by atoms with Crippen LogP contribution in [0.1, 0.15) is 26.7 Å². The first kappa shape index (κ1) is 11.2. The van der Waals surface area contributed by atoms with Crippen molar-refractivity contribution < 1.29 is 4.53 Å². The maximum atomic E-state index is 6.08. The summed E-state index contributed by atoms with van der Waals surface area (Å²) in [5.41, 5.74) is 0. The second-order valence-electron chi connectivity index (χ2n) is 5.09. The molecule has 0 aliphatic carbocycles. The summed E-state index contributed by atoms with van der Waals surface area (Å²) < 4.78 is 6.08. The Labute approximate surface area is 83.3 Å². The zero-order valence-electron chi connectivity index (χ0n) is 9.47. The molecule has 0 unspecified atom stereocenters. The summed E-state index contributed by atoms with van der Waals surface area (Å²) in [5.74, 6) is 0.768. The van der Waals surface area contributed by atoms with Crippen molar-refractivity contribution in [3.63, 3.8) is 0 Å². The first-order chi connectivity index (χ1) is 5.99. The van der Waals surface area contributed by atoms with Crippen LogP contribution in [0, 0.1) is 5.92 Å². The van der Waals surface area contributed by atoms with Gasteiger partial charge in [-0.25, -0.2) is 5.06 Å². The van der Waals surface area contributed by atoms with Gasteiger partial charge in [0.1, 0.15) is 0 Å². The van der Waals surface area contributed by atoms with Crippen molar-refractivity contribution in [2.45, 2.75) is 45.8 Å².